The summed E-state index contributed by atoms with van der Waals surface area (Å²) in [5.41, 5.74) is -1.18. The quantitative estimate of drug-likeness (QED) is 0.737. The number of carbonyl (C=O) groups is 1. The van der Waals surface area contributed by atoms with Gasteiger partial charge < -0.3 is 18.9 Å². The molecule has 5 nitrogen and oxygen atoms in total. The number of benzene rings is 1. The number of hydrogen-bond donors (Lipinski definition) is 0. The Morgan fingerprint density at radius 2 is 2.04 bits per heavy atom. The van der Waals surface area contributed by atoms with E-state index in [0.29, 0.717) is 19.6 Å². The largest absolute Gasteiger partial charge is 0.493 e. The Morgan fingerprint density at radius 3 is 2.68 bits per heavy atom. The van der Waals surface area contributed by atoms with Gasteiger partial charge in [0.25, 0.3) is 0 Å². The summed E-state index contributed by atoms with van der Waals surface area (Å²) in [4.78, 5) is 12.2. The first kappa shape index (κ1) is 16.9. The number of hydrogen-bond acceptors (Lipinski definition) is 5. The molecule has 136 valence electrons. The van der Waals surface area contributed by atoms with E-state index in [1.54, 1.807) is 0 Å². The molecular formula is C19H23FO5. The zero-order valence-corrected chi connectivity index (χ0v) is 14.4. The van der Waals surface area contributed by atoms with Crippen molar-refractivity contribution >= 4 is 5.78 Å². The lowest BCUT2D eigenvalue weighted by atomic mass is 9.68. The first-order valence-electron chi connectivity index (χ1n) is 8.70. The van der Waals surface area contributed by atoms with Crippen molar-refractivity contribution in [2.24, 2.45) is 5.92 Å². The molecule has 0 radical (unpaired) electrons. The van der Waals surface area contributed by atoms with E-state index < -0.39 is 29.3 Å². The van der Waals surface area contributed by atoms with Gasteiger partial charge in [0.05, 0.1) is 25.2 Å². The van der Waals surface area contributed by atoms with Gasteiger partial charge in [0.1, 0.15) is 23.1 Å². The molecule has 3 aliphatic rings. The standard InChI is InChI=1S/C19H23FO5/c1-18(14(25-18)8-9-23-12-6-4-3-5-7-12)17-16(22-2)15(21)13(20)10-19(17)11-24-19/h3-7,13-14,16-17H,8-11H2,1-2H3/t13?,14-,16-,17-,18+,19+/m1/s1. The van der Waals surface area contributed by atoms with E-state index in [1.807, 2.05) is 37.3 Å². The van der Waals surface area contributed by atoms with Crippen molar-refractivity contribution in [1.29, 1.82) is 0 Å². The minimum atomic E-state index is -1.52. The Hall–Kier alpha value is -1.50. The highest BCUT2D eigenvalue weighted by molar-refractivity contribution is 5.89. The Balaban J connectivity index is 1.41. The Kier molecular flexibility index (Phi) is 4.09. The Bertz CT molecular complexity index is 646. The lowest BCUT2D eigenvalue weighted by Gasteiger charge is -2.38. The molecule has 1 spiro atoms. The summed E-state index contributed by atoms with van der Waals surface area (Å²) >= 11 is 0. The maximum atomic E-state index is 14.0. The first-order valence-corrected chi connectivity index (χ1v) is 8.70. The number of carbonyl (C=O) groups excluding carboxylic acids is 1. The van der Waals surface area contributed by atoms with Gasteiger partial charge in [0, 0.05) is 20.0 Å². The van der Waals surface area contributed by atoms with Crippen LogP contribution in [0.1, 0.15) is 19.8 Å². The second-order valence-electron chi connectivity index (χ2n) is 7.30. The summed E-state index contributed by atoms with van der Waals surface area (Å²) < 4.78 is 36.7. The molecular weight excluding hydrogens is 327 g/mol. The van der Waals surface area contributed by atoms with E-state index in [-0.39, 0.29) is 18.4 Å². The third-order valence-corrected chi connectivity index (χ3v) is 5.74. The zero-order valence-electron chi connectivity index (χ0n) is 14.4. The molecule has 0 N–H and O–H groups in total. The minimum absolute atomic E-state index is 0.0519. The van der Waals surface area contributed by atoms with Crippen molar-refractivity contribution in [3.8, 4) is 5.75 Å². The lowest BCUT2D eigenvalue weighted by molar-refractivity contribution is -0.150. The first-order chi connectivity index (χ1) is 12.0. The van der Waals surface area contributed by atoms with E-state index in [4.69, 9.17) is 18.9 Å². The summed E-state index contributed by atoms with van der Waals surface area (Å²) in [6, 6.07) is 9.59. The minimum Gasteiger partial charge on any atom is -0.493 e. The summed E-state index contributed by atoms with van der Waals surface area (Å²) in [7, 11) is 1.45. The molecule has 1 aromatic carbocycles. The molecule has 6 atom stereocenters. The van der Waals surface area contributed by atoms with Crippen LogP contribution in [-0.2, 0) is 19.0 Å². The van der Waals surface area contributed by atoms with Crippen LogP contribution >= 0.6 is 0 Å². The Labute approximate surface area is 146 Å². The van der Waals surface area contributed by atoms with Crippen molar-refractivity contribution in [1.82, 2.24) is 0 Å². The van der Waals surface area contributed by atoms with Crippen molar-refractivity contribution < 1.29 is 28.1 Å². The third kappa shape index (κ3) is 2.86. The van der Waals surface area contributed by atoms with Gasteiger partial charge in [0.2, 0.25) is 0 Å². The normalized spacial score (nSPS) is 42.4. The number of rotatable bonds is 6. The van der Waals surface area contributed by atoms with Gasteiger partial charge in [0.15, 0.2) is 12.0 Å². The monoisotopic (exact) mass is 350 g/mol. The average molecular weight is 350 g/mol. The Morgan fingerprint density at radius 1 is 1.32 bits per heavy atom. The van der Waals surface area contributed by atoms with Crippen molar-refractivity contribution in [2.75, 3.05) is 20.3 Å². The maximum Gasteiger partial charge on any atom is 0.196 e. The van der Waals surface area contributed by atoms with Crippen molar-refractivity contribution in [3.63, 3.8) is 0 Å². The van der Waals surface area contributed by atoms with E-state index in [9.17, 15) is 9.18 Å². The van der Waals surface area contributed by atoms with Gasteiger partial charge in [-0.1, -0.05) is 18.2 Å². The third-order valence-electron chi connectivity index (χ3n) is 5.74. The number of methoxy groups -OCH3 is 1. The zero-order chi connectivity index (χ0) is 17.7. The summed E-state index contributed by atoms with van der Waals surface area (Å²) in [5.74, 6) is 0.0330. The number of halogens is 1. The smallest absolute Gasteiger partial charge is 0.196 e. The van der Waals surface area contributed by atoms with E-state index in [1.165, 1.54) is 7.11 Å². The number of epoxide rings is 2. The van der Waals surface area contributed by atoms with E-state index in [2.05, 4.69) is 0 Å². The second-order valence-corrected chi connectivity index (χ2v) is 7.30. The SMILES string of the molecule is CO[C@@H]1C(=O)C(F)C[C@]2(CO2)[C@H]1[C@@]1(C)O[C@@H]1CCOc1ccccc1. The molecule has 1 aliphatic carbocycles. The molecule has 6 heteroatoms. The number of para-hydroxylation sites is 1. The lowest BCUT2D eigenvalue weighted by Crippen LogP contribution is -2.56. The van der Waals surface area contributed by atoms with Crippen LogP contribution < -0.4 is 4.74 Å². The molecule has 4 rings (SSSR count). The van der Waals surface area contributed by atoms with Gasteiger partial charge in [-0.2, -0.15) is 0 Å². The number of ether oxygens (including phenoxy) is 4. The average Bonchev–Trinajstić information content (AvgIpc) is 3.51. The fraction of sp³-hybridized carbons (Fsp3) is 0.632. The topological polar surface area (TPSA) is 60.6 Å². The number of alkyl halides is 1. The fourth-order valence-corrected chi connectivity index (χ4v) is 4.31. The maximum absolute atomic E-state index is 14.0. The van der Waals surface area contributed by atoms with Crippen molar-refractivity contribution in [2.45, 2.75) is 49.3 Å². The highest BCUT2D eigenvalue weighted by Gasteiger charge is 2.73. The molecule has 1 saturated carbocycles. The molecule has 2 aliphatic heterocycles. The fourth-order valence-electron chi connectivity index (χ4n) is 4.31. The summed E-state index contributed by atoms with van der Waals surface area (Å²) in [5, 5.41) is 0. The van der Waals surface area contributed by atoms with Gasteiger partial charge in [-0.3, -0.25) is 4.79 Å². The van der Waals surface area contributed by atoms with Crippen LogP contribution in [0.4, 0.5) is 4.39 Å². The van der Waals surface area contributed by atoms with Crippen molar-refractivity contribution in [3.05, 3.63) is 30.3 Å². The predicted octanol–water partition coefficient (Wildman–Crippen LogP) is 2.32. The molecule has 0 aromatic heterocycles. The van der Waals surface area contributed by atoms with E-state index in [0.717, 1.165) is 5.75 Å². The van der Waals surface area contributed by atoms with Gasteiger partial charge in [-0.25, -0.2) is 4.39 Å². The van der Waals surface area contributed by atoms with Gasteiger partial charge in [-0.15, -0.1) is 0 Å². The molecule has 1 aromatic rings. The van der Waals surface area contributed by atoms with E-state index >= 15 is 0 Å². The summed E-state index contributed by atoms with van der Waals surface area (Å²) in [6.07, 6.45) is -1.60. The highest BCUT2D eigenvalue weighted by atomic mass is 19.1. The molecule has 1 unspecified atom stereocenters. The number of Topliss-reactive ketones (excluding diaryl/α,β-unsaturated/α-hetero) is 1. The molecule has 3 fully saturated rings. The predicted molar refractivity (Wildman–Crippen MR) is 87.3 cm³/mol. The molecule has 2 saturated heterocycles. The van der Waals surface area contributed by atoms with Crippen LogP contribution in [0, 0.1) is 5.92 Å². The molecule has 0 bridgehead atoms. The van der Waals surface area contributed by atoms with Gasteiger partial charge in [-0.05, 0) is 19.1 Å². The van der Waals surface area contributed by atoms with Crippen LogP contribution in [0.2, 0.25) is 0 Å². The molecule has 25 heavy (non-hydrogen) atoms. The number of ketones is 1. The van der Waals surface area contributed by atoms with Crippen LogP contribution in [0.25, 0.3) is 0 Å². The van der Waals surface area contributed by atoms with Crippen LogP contribution in [0.15, 0.2) is 30.3 Å². The van der Waals surface area contributed by atoms with Crippen LogP contribution in [0.3, 0.4) is 0 Å². The molecule has 0 amide bonds. The second kappa shape index (κ2) is 6.04. The molecule has 2 heterocycles. The van der Waals surface area contributed by atoms with Crippen LogP contribution in [-0.4, -0.2) is 55.7 Å². The van der Waals surface area contributed by atoms with Gasteiger partial charge >= 0.3 is 0 Å². The van der Waals surface area contributed by atoms with Crippen LogP contribution in [0.5, 0.6) is 5.75 Å². The highest BCUT2D eigenvalue weighted by Crippen LogP contribution is 2.58. The summed E-state index contributed by atoms with van der Waals surface area (Å²) in [6.45, 7) is 2.94.